The van der Waals surface area contributed by atoms with Gasteiger partial charge in [0.1, 0.15) is 5.03 Å². The molecule has 0 aliphatic carbocycles. The third kappa shape index (κ3) is 4.93. The minimum atomic E-state index is -0.179. The van der Waals surface area contributed by atoms with E-state index in [0.717, 1.165) is 30.8 Å². The highest BCUT2D eigenvalue weighted by Gasteiger charge is 2.27. The van der Waals surface area contributed by atoms with Gasteiger partial charge in [0.05, 0.1) is 5.02 Å². The summed E-state index contributed by atoms with van der Waals surface area (Å²) in [6, 6.07) is 11.1. The van der Waals surface area contributed by atoms with Crippen LogP contribution >= 0.6 is 23.4 Å². The molecule has 7 heteroatoms. The molecule has 25 heavy (non-hydrogen) atoms. The highest BCUT2D eigenvalue weighted by atomic mass is 35.5. The maximum absolute atomic E-state index is 12.3. The third-order valence-electron chi connectivity index (χ3n) is 4.41. The summed E-state index contributed by atoms with van der Waals surface area (Å²) in [6.07, 6.45) is 2.12. The molecule has 0 saturated carbocycles. The van der Waals surface area contributed by atoms with Crippen molar-refractivity contribution >= 4 is 29.3 Å². The molecule has 1 amide bonds. The van der Waals surface area contributed by atoms with Gasteiger partial charge >= 0.3 is 0 Å². The first-order chi connectivity index (χ1) is 12.1. The average Bonchev–Trinajstić information content (AvgIpc) is 2.63. The van der Waals surface area contributed by atoms with Crippen LogP contribution in [0, 0.1) is 5.41 Å². The van der Waals surface area contributed by atoms with Crippen molar-refractivity contribution in [3.8, 4) is 0 Å². The molecule has 3 rings (SSSR count). The molecule has 0 atom stereocenters. The van der Waals surface area contributed by atoms with Crippen LogP contribution in [0.1, 0.15) is 30.3 Å². The molecule has 1 aromatic heterocycles. The molecule has 0 bridgehead atoms. The second-order valence-corrected chi connectivity index (χ2v) is 8.00. The molecule has 0 radical (unpaired) electrons. The van der Waals surface area contributed by atoms with E-state index in [2.05, 4.69) is 27.8 Å². The van der Waals surface area contributed by atoms with Crippen molar-refractivity contribution in [2.75, 3.05) is 19.6 Å². The zero-order valence-electron chi connectivity index (χ0n) is 14.1. The van der Waals surface area contributed by atoms with Crippen LogP contribution in [0.3, 0.4) is 0 Å². The normalized spacial score (nSPS) is 16.4. The molecule has 1 aromatic carbocycles. The predicted molar refractivity (Wildman–Crippen MR) is 100 cm³/mol. The molecule has 2 N–H and O–H groups in total. The second kappa shape index (κ2) is 8.17. The van der Waals surface area contributed by atoms with E-state index in [1.165, 1.54) is 11.8 Å². The minimum absolute atomic E-state index is 0.147. The van der Waals surface area contributed by atoms with Crippen LogP contribution in [0.2, 0.25) is 5.02 Å². The minimum Gasteiger partial charge on any atom is -0.350 e. The van der Waals surface area contributed by atoms with E-state index >= 15 is 0 Å². The number of benzene rings is 1. The molecule has 2 heterocycles. The lowest BCUT2D eigenvalue weighted by molar-refractivity contribution is 0.0916. The topological polar surface area (TPSA) is 66.9 Å². The van der Waals surface area contributed by atoms with Gasteiger partial charge in [-0.2, -0.15) is 0 Å². The van der Waals surface area contributed by atoms with Crippen molar-refractivity contribution in [3.05, 3.63) is 47.1 Å². The lowest BCUT2D eigenvalue weighted by Gasteiger charge is -2.34. The van der Waals surface area contributed by atoms with Gasteiger partial charge in [-0.3, -0.25) is 4.79 Å². The Morgan fingerprint density at radius 3 is 2.68 bits per heavy atom. The van der Waals surface area contributed by atoms with Gasteiger partial charge in [0, 0.05) is 11.4 Å². The quantitative estimate of drug-likeness (QED) is 0.837. The van der Waals surface area contributed by atoms with Gasteiger partial charge in [0.25, 0.3) is 5.91 Å². The van der Waals surface area contributed by atoms with Gasteiger partial charge in [-0.15, -0.1) is 10.2 Å². The van der Waals surface area contributed by atoms with Crippen LogP contribution in [0.25, 0.3) is 0 Å². The smallest absolute Gasteiger partial charge is 0.271 e. The fourth-order valence-electron chi connectivity index (χ4n) is 2.73. The molecule has 1 saturated heterocycles. The van der Waals surface area contributed by atoms with Gasteiger partial charge in [-0.1, -0.05) is 42.4 Å². The van der Waals surface area contributed by atoms with E-state index in [4.69, 9.17) is 11.6 Å². The van der Waals surface area contributed by atoms with E-state index in [0.29, 0.717) is 22.3 Å². The van der Waals surface area contributed by atoms with Crippen molar-refractivity contribution < 1.29 is 4.79 Å². The fraction of sp³-hybridized carbons (Fsp3) is 0.389. The standard InChI is InChI=1S/C18H21ClN4OS/c1-18(8-10-20-11-9-18)12-21-17(24)14-6-7-16(23-22-14)25-15-5-3-2-4-13(15)19/h2-7,20H,8-12H2,1H3,(H,21,24). The first kappa shape index (κ1) is 18.2. The van der Waals surface area contributed by atoms with Crippen molar-refractivity contribution in [1.29, 1.82) is 0 Å². The van der Waals surface area contributed by atoms with Crippen LogP contribution in [0.5, 0.6) is 0 Å². The van der Waals surface area contributed by atoms with Crippen LogP contribution < -0.4 is 10.6 Å². The maximum Gasteiger partial charge on any atom is 0.271 e. The Bertz CT molecular complexity index is 732. The molecule has 5 nitrogen and oxygen atoms in total. The summed E-state index contributed by atoms with van der Waals surface area (Å²) in [5.74, 6) is -0.179. The Morgan fingerprint density at radius 2 is 2.00 bits per heavy atom. The summed E-state index contributed by atoms with van der Waals surface area (Å²) in [6.45, 7) is 4.87. The van der Waals surface area contributed by atoms with Gasteiger partial charge in [-0.25, -0.2) is 0 Å². The molecule has 132 valence electrons. The molecule has 1 aliphatic heterocycles. The first-order valence-corrected chi connectivity index (χ1v) is 9.50. The SMILES string of the molecule is CC1(CNC(=O)c2ccc(Sc3ccccc3Cl)nn2)CCNCC1. The zero-order chi connectivity index (χ0) is 17.7. The number of halogens is 1. The lowest BCUT2D eigenvalue weighted by atomic mass is 9.81. The van der Waals surface area contributed by atoms with Crippen LogP contribution in [-0.4, -0.2) is 35.7 Å². The fourth-order valence-corrected chi connectivity index (χ4v) is 3.73. The monoisotopic (exact) mass is 376 g/mol. The number of carbonyl (C=O) groups excluding carboxylic acids is 1. The summed E-state index contributed by atoms with van der Waals surface area (Å²) in [5.41, 5.74) is 0.481. The molecule has 2 aromatic rings. The van der Waals surface area contributed by atoms with Crippen LogP contribution in [-0.2, 0) is 0 Å². The van der Waals surface area contributed by atoms with Crippen molar-refractivity contribution in [1.82, 2.24) is 20.8 Å². The molecule has 1 aliphatic rings. The number of carbonyl (C=O) groups is 1. The highest BCUT2D eigenvalue weighted by Crippen LogP contribution is 2.31. The maximum atomic E-state index is 12.3. The number of piperidine rings is 1. The Labute approximate surface area is 156 Å². The van der Waals surface area contributed by atoms with Crippen LogP contribution in [0.15, 0.2) is 46.3 Å². The first-order valence-electron chi connectivity index (χ1n) is 8.31. The number of hydrogen-bond donors (Lipinski definition) is 2. The lowest BCUT2D eigenvalue weighted by Crippen LogP contribution is -2.43. The van der Waals surface area contributed by atoms with Crippen molar-refractivity contribution in [2.45, 2.75) is 29.7 Å². The number of nitrogens with zero attached hydrogens (tertiary/aromatic N) is 2. The zero-order valence-corrected chi connectivity index (χ0v) is 15.7. The Morgan fingerprint density at radius 1 is 1.24 bits per heavy atom. The summed E-state index contributed by atoms with van der Waals surface area (Å²) in [5, 5.41) is 15.9. The average molecular weight is 377 g/mol. The summed E-state index contributed by atoms with van der Waals surface area (Å²) in [7, 11) is 0. The number of nitrogens with one attached hydrogen (secondary N) is 2. The number of aromatic nitrogens is 2. The molecular weight excluding hydrogens is 356 g/mol. The van der Waals surface area contributed by atoms with Crippen LogP contribution in [0.4, 0.5) is 0 Å². The molecule has 1 fully saturated rings. The van der Waals surface area contributed by atoms with Crippen molar-refractivity contribution in [2.24, 2.45) is 5.41 Å². The third-order valence-corrected chi connectivity index (χ3v) is 5.85. The van der Waals surface area contributed by atoms with E-state index in [1.807, 2.05) is 24.3 Å². The molecular formula is C18H21ClN4OS. The summed E-state index contributed by atoms with van der Waals surface area (Å²) < 4.78 is 0. The van der Waals surface area contributed by atoms with Gasteiger partial charge in [0.15, 0.2) is 5.69 Å². The largest absolute Gasteiger partial charge is 0.350 e. The molecule has 0 unspecified atom stereocenters. The summed E-state index contributed by atoms with van der Waals surface area (Å²) in [4.78, 5) is 13.2. The second-order valence-electron chi connectivity index (χ2n) is 6.53. The van der Waals surface area contributed by atoms with E-state index in [1.54, 1.807) is 12.1 Å². The Kier molecular flexibility index (Phi) is 5.93. The Balaban J connectivity index is 1.58. The van der Waals surface area contributed by atoms with E-state index in [9.17, 15) is 4.79 Å². The van der Waals surface area contributed by atoms with Gasteiger partial charge in [0.2, 0.25) is 0 Å². The number of rotatable bonds is 5. The van der Waals surface area contributed by atoms with E-state index in [-0.39, 0.29) is 11.3 Å². The van der Waals surface area contributed by atoms with Gasteiger partial charge < -0.3 is 10.6 Å². The van der Waals surface area contributed by atoms with Crippen molar-refractivity contribution in [3.63, 3.8) is 0 Å². The van der Waals surface area contributed by atoms with Gasteiger partial charge in [-0.05, 0) is 55.6 Å². The van der Waals surface area contributed by atoms with E-state index < -0.39 is 0 Å². The predicted octanol–water partition coefficient (Wildman–Crippen LogP) is 3.40. The Hall–Kier alpha value is -1.63. The highest BCUT2D eigenvalue weighted by molar-refractivity contribution is 7.99. The summed E-state index contributed by atoms with van der Waals surface area (Å²) >= 11 is 7.57. The number of hydrogen-bond acceptors (Lipinski definition) is 5. The number of amides is 1. The molecule has 0 spiro atoms.